The summed E-state index contributed by atoms with van der Waals surface area (Å²) in [5.74, 6) is 0. The van der Waals surface area contributed by atoms with Crippen molar-refractivity contribution in [1.82, 2.24) is 0 Å². The number of nitrogen functional groups attached to an aromatic ring is 1. The molecule has 0 spiro atoms. The van der Waals surface area contributed by atoms with Crippen LogP contribution in [0.25, 0.3) is 0 Å². The second-order valence-electron chi connectivity index (χ2n) is 3.65. The molecule has 84 valence electrons. The van der Waals surface area contributed by atoms with Gasteiger partial charge in [-0.05, 0) is 70.1 Å². The average molecular weight is 344 g/mol. The summed E-state index contributed by atoms with van der Waals surface area (Å²) in [5, 5.41) is 7.66. The number of nitrogens with two attached hydrogens (primary N) is 1. The highest BCUT2D eigenvalue weighted by atomic mass is 127. The molecule has 0 saturated heterocycles. The van der Waals surface area contributed by atoms with E-state index in [0.29, 0.717) is 0 Å². The van der Waals surface area contributed by atoms with Gasteiger partial charge in [-0.25, -0.2) is 0 Å². The summed E-state index contributed by atoms with van der Waals surface area (Å²) < 4.78 is 1.16. The van der Waals surface area contributed by atoms with Crippen LogP contribution in [0.15, 0.2) is 35.0 Å². The largest absolute Gasteiger partial charge is 0.397 e. The van der Waals surface area contributed by atoms with Crippen molar-refractivity contribution < 1.29 is 0 Å². The van der Waals surface area contributed by atoms with Crippen molar-refractivity contribution in [1.29, 1.82) is 0 Å². The van der Waals surface area contributed by atoms with Crippen molar-refractivity contribution in [2.75, 3.05) is 11.1 Å². The summed E-state index contributed by atoms with van der Waals surface area (Å²) in [6, 6.07) is 8.47. The van der Waals surface area contributed by atoms with Gasteiger partial charge in [-0.3, -0.25) is 0 Å². The first kappa shape index (κ1) is 11.7. The molecular weight excluding hydrogens is 331 g/mol. The zero-order chi connectivity index (χ0) is 11.5. The van der Waals surface area contributed by atoms with E-state index in [1.54, 1.807) is 11.3 Å². The zero-order valence-corrected chi connectivity index (χ0v) is 11.9. The third-order valence-electron chi connectivity index (χ3n) is 2.43. The maximum absolute atomic E-state index is 5.96. The van der Waals surface area contributed by atoms with E-state index in [9.17, 15) is 0 Å². The molecule has 0 amide bonds. The molecule has 16 heavy (non-hydrogen) atoms. The van der Waals surface area contributed by atoms with E-state index in [1.807, 2.05) is 12.1 Å². The summed E-state index contributed by atoms with van der Waals surface area (Å²) in [7, 11) is 0. The van der Waals surface area contributed by atoms with E-state index in [1.165, 1.54) is 5.56 Å². The van der Waals surface area contributed by atoms with Crippen LogP contribution in [0.5, 0.6) is 0 Å². The van der Waals surface area contributed by atoms with E-state index in [0.717, 1.165) is 14.9 Å². The normalized spacial score (nSPS) is 12.4. The van der Waals surface area contributed by atoms with E-state index in [4.69, 9.17) is 5.73 Å². The first-order chi connectivity index (χ1) is 7.66. The number of nitrogens with one attached hydrogen (secondary N) is 1. The molecule has 1 atom stereocenters. The van der Waals surface area contributed by atoms with Gasteiger partial charge in [-0.2, -0.15) is 11.3 Å². The Kier molecular flexibility index (Phi) is 3.70. The quantitative estimate of drug-likeness (QED) is 0.650. The Hall–Kier alpha value is -0.750. The predicted octanol–water partition coefficient (Wildman–Crippen LogP) is 4.11. The van der Waals surface area contributed by atoms with Crippen LogP contribution in [0.2, 0.25) is 0 Å². The lowest BCUT2D eigenvalue weighted by Crippen LogP contribution is -2.07. The van der Waals surface area contributed by atoms with Gasteiger partial charge in [-0.15, -0.1) is 0 Å². The molecule has 0 aliphatic rings. The number of hydrogen-bond acceptors (Lipinski definition) is 3. The van der Waals surface area contributed by atoms with Crippen LogP contribution in [-0.2, 0) is 0 Å². The maximum atomic E-state index is 5.96. The van der Waals surface area contributed by atoms with Crippen LogP contribution < -0.4 is 11.1 Å². The number of anilines is 2. The van der Waals surface area contributed by atoms with Gasteiger partial charge in [0.05, 0.1) is 11.4 Å². The van der Waals surface area contributed by atoms with Gasteiger partial charge in [0.25, 0.3) is 0 Å². The molecule has 1 heterocycles. The van der Waals surface area contributed by atoms with Crippen molar-refractivity contribution in [3.63, 3.8) is 0 Å². The predicted molar refractivity (Wildman–Crippen MR) is 79.9 cm³/mol. The van der Waals surface area contributed by atoms with Crippen molar-refractivity contribution in [2.45, 2.75) is 13.0 Å². The SMILES string of the molecule is CC(Nc1ccc(I)cc1N)c1ccsc1. The average Bonchev–Trinajstić information content (AvgIpc) is 2.75. The van der Waals surface area contributed by atoms with Crippen molar-refractivity contribution in [3.05, 3.63) is 44.2 Å². The van der Waals surface area contributed by atoms with E-state index >= 15 is 0 Å². The smallest absolute Gasteiger partial charge is 0.0579 e. The molecule has 4 heteroatoms. The van der Waals surface area contributed by atoms with Crippen LogP contribution in [0, 0.1) is 3.57 Å². The molecule has 0 aliphatic heterocycles. The Labute approximate surface area is 113 Å². The van der Waals surface area contributed by atoms with E-state index in [-0.39, 0.29) is 6.04 Å². The van der Waals surface area contributed by atoms with Gasteiger partial charge >= 0.3 is 0 Å². The number of hydrogen-bond donors (Lipinski definition) is 2. The Morgan fingerprint density at radius 1 is 1.38 bits per heavy atom. The Morgan fingerprint density at radius 2 is 2.19 bits per heavy atom. The lowest BCUT2D eigenvalue weighted by molar-refractivity contribution is 0.891. The van der Waals surface area contributed by atoms with Crippen LogP contribution in [0.3, 0.4) is 0 Å². The monoisotopic (exact) mass is 344 g/mol. The molecule has 0 aliphatic carbocycles. The second kappa shape index (κ2) is 5.05. The van der Waals surface area contributed by atoms with Gasteiger partial charge in [0.2, 0.25) is 0 Å². The van der Waals surface area contributed by atoms with Crippen molar-refractivity contribution in [3.8, 4) is 0 Å². The lowest BCUT2D eigenvalue weighted by Gasteiger charge is -2.16. The topological polar surface area (TPSA) is 38.0 Å². The highest BCUT2D eigenvalue weighted by molar-refractivity contribution is 14.1. The molecule has 1 unspecified atom stereocenters. The molecular formula is C12H13IN2S. The Morgan fingerprint density at radius 3 is 2.81 bits per heavy atom. The molecule has 0 radical (unpaired) electrons. The molecule has 2 aromatic rings. The fraction of sp³-hybridized carbons (Fsp3) is 0.167. The number of benzene rings is 1. The number of rotatable bonds is 3. The van der Waals surface area contributed by atoms with Crippen LogP contribution >= 0.6 is 33.9 Å². The van der Waals surface area contributed by atoms with Crippen LogP contribution in [-0.4, -0.2) is 0 Å². The molecule has 0 saturated carbocycles. The van der Waals surface area contributed by atoms with Crippen molar-refractivity contribution in [2.24, 2.45) is 0 Å². The summed E-state index contributed by atoms with van der Waals surface area (Å²) >= 11 is 3.97. The minimum Gasteiger partial charge on any atom is -0.397 e. The van der Waals surface area contributed by atoms with E-state index < -0.39 is 0 Å². The lowest BCUT2D eigenvalue weighted by atomic mass is 10.1. The first-order valence-corrected chi connectivity index (χ1v) is 7.02. The minimum absolute atomic E-state index is 0.286. The Balaban J connectivity index is 2.15. The summed E-state index contributed by atoms with van der Waals surface area (Å²) in [4.78, 5) is 0. The second-order valence-corrected chi connectivity index (χ2v) is 5.68. The summed E-state index contributed by atoms with van der Waals surface area (Å²) in [6.07, 6.45) is 0. The molecule has 1 aromatic heterocycles. The standard InChI is InChI=1S/C12H13IN2S/c1-8(9-4-5-16-7-9)15-12-3-2-10(13)6-11(12)14/h2-8,15H,14H2,1H3. The highest BCUT2D eigenvalue weighted by Gasteiger charge is 2.07. The molecule has 0 bridgehead atoms. The number of halogens is 1. The van der Waals surface area contributed by atoms with Crippen LogP contribution in [0.4, 0.5) is 11.4 Å². The molecule has 3 N–H and O–H groups in total. The van der Waals surface area contributed by atoms with Gasteiger partial charge in [0, 0.05) is 9.61 Å². The number of thiophene rings is 1. The van der Waals surface area contributed by atoms with E-state index in [2.05, 4.69) is 57.7 Å². The summed E-state index contributed by atoms with van der Waals surface area (Å²) in [5.41, 5.74) is 9.05. The fourth-order valence-corrected chi connectivity index (χ4v) is 2.77. The van der Waals surface area contributed by atoms with Gasteiger partial charge < -0.3 is 11.1 Å². The highest BCUT2D eigenvalue weighted by Crippen LogP contribution is 2.26. The molecule has 0 fully saturated rings. The minimum atomic E-state index is 0.286. The third kappa shape index (κ3) is 2.68. The maximum Gasteiger partial charge on any atom is 0.0579 e. The molecule has 1 aromatic carbocycles. The Bertz CT molecular complexity index is 468. The van der Waals surface area contributed by atoms with Gasteiger partial charge in [0.1, 0.15) is 0 Å². The third-order valence-corrected chi connectivity index (χ3v) is 3.80. The summed E-state index contributed by atoms with van der Waals surface area (Å²) in [6.45, 7) is 2.14. The molecule has 2 nitrogen and oxygen atoms in total. The molecule has 2 rings (SSSR count). The van der Waals surface area contributed by atoms with Crippen molar-refractivity contribution >= 4 is 45.3 Å². The zero-order valence-electron chi connectivity index (χ0n) is 8.91. The fourth-order valence-electron chi connectivity index (χ4n) is 1.50. The van der Waals surface area contributed by atoms with Gasteiger partial charge in [-0.1, -0.05) is 0 Å². The van der Waals surface area contributed by atoms with Crippen LogP contribution in [0.1, 0.15) is 18.5 Å². The first-order valence-electron chi connectivity index (χ1n) is 5.00. The van der Waals surface area contributed by atoms with Gasteiger partial charge in [0.15, 0.2) is 0 Å².